The van der Waals surface area contributed by atoms with Crippen molar-refractivity contribution in [1.82, 2.24) is 14.7 Å². The van der Waals surface area contributed by atoms with E-state index in [1.807, 2.05) is 90.7 Å². The number of hydrogen-bond acceptors (Lipinski definition) is 5. The summed E-state index contributed by atoms with van der Waals surface area (Å²) in [5.41, 5.74) is 1.78. The van der Waals surface area contributed by atoms with Gasteiger partial charge in [0.2, 0.25) is 17.7 Å². The number of fused-ring (bicyclic) bond motifs is 2. The quantitative estimate of drug-likeness (QED) is 0.528. The van der Waals surface area contributed by atoms with E-state index in [2.05, 4.69) is 6.08 Å². The second-order valence-electron chi connectivity index (χ2n) is 11.0. The Labute approximate surface area is 239 Å². The molecule has 0 aliphatic carbocycles. The Hall–Kier alpha value is -3.36. The molecule has 2 aromatic carbocycles. The van der Waals surface area contributed by atoms with E-state index in [0.29, 0.717) is 26.2 Å². The molecule has 1 spiro atoms. The molecule has 208 valence electrons. The Morgan fingerprint density at radius 2 is 1.62 bits per heavy atom. The maximum Gasteiger partial charge on any atom is 0.247 e. The highest BCUT2D eigenvalue weighted by molar-refractivity contribution is 8.02. The van der Waals surface area contributed by atoms with Crippen LogP contribution in [0.2, 0.25) is 0 Å². The van der Waals surface area contributed by atoms with E-state index >= 15 is 0 Å². The van der Waals surface area contributed by atoms with E-state index in [1.54, 1.807) is 21.6 Å². The monoisotopic (exact) mass is 557 g/mol. The molecule has 40 heavy (non-hydrogen) atoms. The zero-order chi connectivity index (χ0) is 27.9. The molecule has 2 fully saturated rings. The number of carbonyl (C=O) groups excluding carboxylic acids is 3. The minimum absolute atomic E-state index is 0.0216. The molecule has 3 amide bonds. The number of amides is 3. The Morgan fingerprint density at radius 1 is 0.925 bits per heavy atom. The van der Waals surface area contributed by atoms with Crippen LogP contribution < -0.4 is 0 Å². The molecule has 8 heteroatoms. The lowest BCUT2D eigenvalue weighted by atomic mass is 9.78. The van der Waals surface area contributed by atoms with Crippen LogP contribution in [0.5, 0.6) is 0 Å². The van der Waals surface area contributed by atoms with Crippen LogP contribution in [0.15, 0.2) is 85.0 Å². The van der Waals surface area contributed by atoms with Crippen molar-refractivity contribution in [2.24, 2.45) is 11.8 Å². The molecular weight excluding hydrogens is 522 g/mol. The molecule has 0 bridgehead atoms. The summed E-state index contributed by atoms with van der Waals surface area (Å²) in [6.07, 6.45) is 8.96. The lowest BCUT2D eigenvalue weighted by Crippen LogP contribution is -2.54. The summed E-state index contributed by atoms with van der Waals surface area (Å²) < 4.78 is -0.910. The van der Waals surface area contributed by atoms with Crippen molar-refractivity contribution in [2.45, 2.75) is 42.0 Å². The number of likely N-dealkylation sites (tertiary alicyclic amines) is 1. The van der Waals surface area contributed by atoms with Gasteiger partial charge in [-0.15, -0.1) is 11.8 Å². The highest BCUT2D eigenvalue weighted by atomic mass is 32.2. The van der Waals surface area contributed by atoms with Crippen molar-refractivity contribution in [1.29, 1.82) is 0 Å². The van der Waals surface area contributed by atoms with Crippen molar-refractivity contribution in [2.75, 3.05) is 26.2 Å². The van der Waals surface area contributed by atoms with Crippen LogP contribution in [-0.2, 0) is 20.9 Å². The van der Waals surface area contributed by atoms with Crippen molar-refractivity contribution in [3.63, 3.8) is 0 Å². The summed E-state index contributed by atoms with van der Waals surface area (Å²) in [6, 6.07) is 17.7. The fraction of sp³-hybridized carbons (Fsp3) is 0.406. The number of aliphatic hydroxyl groups excluding tert-OH is 1. The van der Waals surface area contributed by atoms with E-state index in [-0.39, 0.29) is 29.6 Å². The van der Waals surface area contributed by atoms with Gasteiger partial charge in [0.25, 0.3) is 0 Å². The largest absolute Gasteiger partial charge is 0.394 e. The SMILES string of the molecule is CCCN1CC=C[C@H]2S[C@]34C=CCN(Cc5ccccc5)C(=O)C3N([C@H](CO)c3ccccc3)C(=O)[C@@H]4[C@H]2C1=O. The highest BCUT2D eigenvalue weighted by Crippen LogP contribution is 2.62. The second-order valence-corrected chi connectivity index (χ2v) is 12.5. The molecule has 4 aliphatic heterocycles. The number of thioether (sulfide) groups is 1. The Kier molecular flexibility index (Phi) is 7.31. The third-order valence-electron chi connectivity index (χ3n) is 8.67. The maximum atomic E-state index is 14.6. The zero-order valence-corrected chi connectivity index (χ0v) is 23.5. The van der Waals surface area contributed by atoms with Crippen LogP contribution in [-0.4, -0.2) is 79.8 Å². The third kappa shape index (κ3) is 4.29. The van der Waals surface area contributed by atoms with Crippen molar-refractivity contribution >= 4 is 29.5 Å². The number of carbonyl (C=O) groups is 3. The van der Waals surface area contributed by atoms with Gasteiger partial charge in [0, 0.05) is 31.4 Å². The number of hydrogen-bond donors (Lipinski definition) is 1. The number of nitrogens with zero attached hydrogens (tertiary/aromatic N) is 3. The number of benzene rings is 2. The first-order valence-electron chi connectivity index (χ1n) is 14.1. The molecule has 2 saturated heterocycles. The van der Waals surface area contributed by atoms with E-state index in [9.17, 15) is 19.5 Å². The van der Waals surface area contributed by atoms with E-state index in [4.69, 9.17) is 0 Å². The van der Waals surface area contributed by atoms with Gasteiger partial charge in [0.05, 0.1) is 29.2 Å². The first-order valence-corrected chi connectivity index (χ1v) is 15.0. The van der Waals surface area contributed by atoms with Gasteiger partial charge < -0.3 is 19.8 Å². The molecule has 1 unspecified atom stereocenters. The van der Waals surface area contributed by atoms with Crippen molar-refractivity contribution < 1.29 is 19.5 Å². The van der Waals surface area contributed by atoms with Crippen molar-refractivity contribution in [3.05, 3.63) is 96.1 Å². The van der Waals surface area contributed by atoms with Gasteiger partial charge in [-0.2, -0.15) is 0 Å². The van der Waals surface area contributed by atoms with Gasteiger partial charge in [0.15, 0.2) is 0 Å². The van der Waals surface area contributed by atoms with Crippen molar-refractivity contribution in [3.8, 4) is 0 Å². The Morgan fingerprint density at radius 3 is 2.33 bits per heavy atom. The summed E-state index contributed by atoms with van der Waals surface area (Å²) in [4.78, 5) is 48.5. The minimum Gasteiger partial charge on any atom is -0.394 e. The van der Waals surface area contributed by atoms with Gasteiger partial charge in [-0.25, -0.2) is 0 Å². The maximum absolute atomic E-state index is 14.6. The first-order chi connectivity index (χ1) is 19.5. The van der Waals surface area contributed by atoms with E-state index in [1.165, 1.54) is 0 Å². The Balaban J connectivity index is 1.47. The Bertz CT molecular complexity index is 1330. The van der Waals surface area contributed by atoms with Gasteiger partial charge in [0.1, 0.15) is 6.04 Å². The summed E-state index contributed by atoms with van der Waals surface area (Å²) in [7, 11) is 0. The molecule has 4 heterocycles. The van der Waals surface area contributed by atoms with Crippen LogP contribution in [0.1, 0.15) is 30.5 Å². The van der Waals surface area contributed by atoms with Crippen LogP contribution in [0, 0.1) is 11.8 Å². The normalized spacial score (nSPS) is 30.1. The summed E-state index contributed by atoms with van der Waals surface area (Å²) >= 11 is 1.58. The average molecular weight is 558 g/mol. The standard InChI is InChI=1S/C32H35N3O4S/c1-2-17-33-18-9-15-25-26(29(33)37)27-30(38)35(24(21-36)23-13-7-4-8-14-23)28-31(39)34(19-10-16-32(27,28)40-25)20-22-11-5-3-6-12-22/h3-16,24-28,36H,2,17-21H2,1H3/t24-,25-,26+,27+,28?,32+/m1/s1. The summed E-state index contributed by atoms with van der Waals surface area (Å²) in [5.74, 6) is -1.66. The van der Waals surface area contributed by atoms with Crippen LogP contribution >= 0.6 is 11.8 Å². The van der Waals surface area contributed by atoms with Gasteiger partial charge in [-0.05, 0) is 17.5 Å². The van der Waals surface area contributed by atoms with Gasteiger partial charge in [-0.1, -0.05) is 91.9 Å². The van der Waals surface area contributed by atoms with Gasteiger partial charge >= 0.3 is 0 Å². The predicted octanol–water partition coefficient (Wildman–Crippen LogP) is 3.42. The molecule has 6 rings (SSSR count). The lowest BCUT2D eigenvalue weighted by molar-refractivity contribution is -0.147. The first kappa shape index (κ1) is 26.8. The molecular formula is C32H35N3O4S. The second kappa shape index (κ2) is 10.9. The topological polar surface area (TPSA) is 81.2 Å². The molecule has 1 N–H and O–H groups in total. The zero-order valence-electron chi connectivity index (χ0n) is 22.6. The molecule has 7 nitrogen and oxygen atoms in total. The average Bonchev–Trinajstić information content (AvgIpc) is 3.30. The molecule has 0 aromatic heterocycles. The van der Waals surface area contributed by atoms with E-state index in [0.717, 1.165) is 17.5 Å². The smallest absolute Gasteiger partial charge is 0.247 e. The summed E-state index contributed by atoms with van der Waals surface area (Å²) in [6.45, 7) is 3.71. The highest BCUT2D eigenvalue weighted by Gasteiger charge is 2.71. The number of rotatable bonds is 7. The van der Waals surface area contributed by atoms with Crippen LogP contribution in [0.4, 0.5) is 0 Å². The molecule has 6 atom stereocenters. The molecule has 4 aliphatic rings. The van der Waals surface area contributed by atoms with Gasteiger partial charge in [-0.3, -0.25) is 14.4 Å². The minimum atomic E-state index is -0.910. The fourth-order valence-corrected chi connectivity index (χ4v) is 8.95. The molecule has 0 saturated carbocycles. The summed E-state index contributed by atoms with van der Waals surface area (Å²) in [5, 5.41) is 10.5. The molecule has 2 aromatic rings. The van der Waals surface area contributed by atoms with E-state index < -0.39 is 28.7 Å². The van der Waals surface area contributed by atoms with Crippen LogP contribution in [0.25, 0.3) is 0 Å². The predicted molar refractivity (Wildman–Crippen MR) is 155 cm³/mol. The molecule has 0 radical (unpaired) electrons. The number of aliphatic hydroxyl groups is 1. The van der Waals surface area contributed by atoms with Crippen LogP contribution in [0.3, 0.4) is 0 Å². The fourth-order valence-electron chi connectivity index (χ4n) is 6.96. The third-order valence-corrected chi connectivity index (χ3v) is 10.4. The lowest BCUT2D eigenvalue weighted by Gasteiger charge is -2.38.